The number of allylic oxidation sites excluding steroid dienone is 1. The van der Waals surface area contributed by atoms with Crippen LogP contribution >= 0.6 is 0 Å². The maximum atomic E-state index is 12.9. The summed E-state index contributed by atoms with van der Waals surface area (Å²) in [5, 5.41) is 16.9. The van der Waals surface area contributed by atoms with Crippen molar-refractivity contribution in [2.24, 2.45) is 9.98 Å². The lowest BCUT2D eigenvalue weighted by atomic mass is 10.0. The van der Waals surface area contributed by atoms with Crippen molar-refractivity contribution in [2.45, 2.75) is 19.8 Å². The summed E-state index contributed by atoms with van der Waals surface area (Å²) in [6.07, 6.45) is -3.51. The number of fused-ring (bicyclic) bond motifs is 1. The molecule has 0 bridgehead atoms. The molecule has 0 aliphatic rings. The van der Waals surface area contributed by atoms with Gasteiger partial charge in [0.2, 0.25) is 0 Å². The van der Waals surface area contributed by atoms with Gasteiger partial charge in [0.15, 0.2) is 0 Å². The molecule has 0 N–H and O–H groups in total. The highest BCUT2D eigenvalue weighted by Crippen LogP contribution is 2.27. The summed E-state index contributed by atoms with van der Waals surface area (Å²) in [5.74, 6) is -0.347. The number of hydrogen-bond donors (Lipinski definition) is 0. The first-order chi connectivity index (χ1) is 16.2. The van der Waals surface area contributed by atoms with Crippen LogP contribution in [0.1, 0.15) is 6.92 Å². The predicted octanol–water partition coefficient (Wildman–Crippen LogP) is 3.86. The Kier molecular flexibility index (Phi) is 7.37. The third-order valence-corrected chi connectivity index (χ3v) is 4.36. The highest BCUT2D eigenvalue weighted by atomic mass is 19.4. The van der Waals surface area contributed by atoms with Crippen LogP contribution in [0.5, 0.6) is 5.75 Å². The molecule has 0 atom stereocenters. The van der Waals surface area contributed by atoms with Gasteiger partial charge in [0.25, 0.3) is 5.56 Å². The Hall–Kier alpha value is -4.53. The summed E-state index contributed by atoms with van der Waals surface area (Å²) in [6, 6.07) is 12.0. The van der Waals surface area contributed by atoms with Crippen LogP contribution < -0.4 is 10.3 Å². The number of alkyl halides is 3. The quantitative estimate of drug-likeness (QED) is 0.307. The number of nitriles is 1. The zero-order chi connectivity index (χ0) is 24.7. The number of halogens is 3. The molecule has 0 fully saturated rings. The zero-order valence-corrected chi connectivity index (χ0v) is 17.8. The average molecular weight is 470 g/mol. The van der Waals surface area contributed by atoms with Crippen LogP contribution in [0.25, 0.3) is 22.0 Å². The van der Waals surface area contributed by atoms with E-state index in [0.29, 0.717) is 22.2 Å². The van der Waals surface area contributed by atoms with Crippen LogP contribution in [0.15, 0.2) is 69.0 Å². The molecule has 0 aliphatic carbocycles. The van der Waals surface area contributed by atoms with Crippen LogP contribution in [0.3, 0.4) is 0 Å². The van der Waals surface area contributed by atoms with Gasteiger partial charge in [-0.1, -0.05) is 23.4 Å². The van der Waals surface area contributed by atoms with Crippen LogP contribution in [-0.2, 0) is 11.3 Å². The first-order valence-corrected chi connectivity index (χ1v) is 9.68. The van der Waals surface area contributed by atoms with Gasteiger partial charge in [-0.3, -0.25) is 4.79 Å². The number of ether oxygens (including phenoxy) is 2. The van der Waals surface area contributed by atoms with Gasteiger partial charge >= 0.3 is 12.4 Å². The van der Waals surface area contributed by atoms with Crippen LogP contribution in [0.2, 0.25) is 0 Å². The normalized spacial score (nSPS) is 12.3. The van der Waals surface area contributed by atoms with E-state index in [0.717, 1.165) is 4.68 Å². The summed E-state index contributed by atoms with van der Waals surface area (Å²) in [5.41, 5.74) is 1.46. The molecule has 1 heterocycles. The number of rotatable bonds is 6. The largest absolute Gasteiger partial charge is 0.573 e. The molecule has 9 nitrogen and oxygen atoms in total. The van der Waals surface area contributed by atoms with Gasteiger partial charge in [0.05, 0.1) is 18.0 Å². The minimum atomic E-state index is -4.78. The molecule has 0 saturated heterocycles. The topological polar surface area (TPSA) is 115 Å². The lowest BCUT2D eigenvalue weighted by Crippen LogP contribution is -2.26. The Morgan fingerprint density at radius 1 is 1.24 bits per heavy atom. The number of hydrogen-bond acceptors (Lipinski definition) is 7. The summed E-state index contributed by atoms with van der Waals surface area (Å²) < 4.78 is 47.4. The van der Waals surface area contributed by atoms with E-state index in [4.69, 9.17) is 10.00 Å². The first-order valence-electron chi connectivity index (χ1n) is 9.68. The highest BCUT2D eigenvalue weighted by molar-refractivity contribution is 5.83. The van der Waals surface area contributed by atoms with Gasteiger partial charge in [-0.25, -0.2) is 14.7 Å². The van der Waals surface area contributed by atoms with E-state index < -0.39 is 11.9 Å². The standard InChI is InChI=1S/C22H17F3N6O3/c1-14(12-26)13-28-21(27-2)33-10-9-31-20(32)18-11-16(5-8-19(18)29-30-31)15-3-6-17(7-4-15)34-22(23,24)25/h3-8,11,13H,2,9-10H2,1H3/b14-13+,28-21+. The predicted molar refractivity (Wildman–Crippen MR) is 118 cm³/mol. The van der Waals surface area contributed by atoms with E-state index in [1.807, 2.05) is 6.07 Å². The van der Waals surface area contributed by atoms with Crippen LogP contribution in [-0.4, -0.2) is 40.7 Å². The highest BCUT2D eigenvalue weighted by Gasteiger charge is 2.30. The van der Waals surface area contributed by atoms with Crippen LogP contribution in [0.4, 0.5) is 13.2 Å². The van der Waals surface area contributed by atoms with Gasteiger partial charge in [0, 0.05) is 11.8 Å². The molecule has 0 unspecified atom stereocenters. The lowest BCUT2D eigenvalue weighted by molar-refractivity contribution is -0.274. The Morgan fingerprint density at radius 3 is 2.59 bits per heavy atom. The van der Waals surface area contributed by atoms with E-state index >= 15 is 0 Å². The molecule has 0 aliphatic heterocycles. The van der Waals surface area contributed by atoms with Gasteiger partial charge < -0.3 is 9.47 Å². The minimum Gasteiger partial charge on any atom is -0.462 e. The second-order valence-corrected chi connectivity index (χ2v) is 6.76. The molecular weight excluding hydrogens is 453 g/mol. The smallest absolute Gasteiger partial charge is 0.462 e. The summed E-state index contributed by atoms with van der Waals surface area (Å²) in [4.78, 5) is 20.3. The number of benzene rings is 2. The zero-order valence-electron chi connectivity index (χ0n) is 17.8. The van der Waals surface area contributed by atoms with Crippen molar-refractivity contribution in [3.63, 3.8) is 0 Å². The van der Waals surface area contributed by atoms with Crippen molar-refractivity contribution in [3.8, 4) is 22.9 Å². The van der Waals surface area contributed by atoms with Gasteiger partial charge in [-0.05, 0) is 49.0 Å². The molecule has 1 aromatic heterocycles. The second kappa shape index (κ2) is 10.4. The molecule has 0 radical (unpaired) electrons. The molecule has 34 heavy (non-hydrogen) atoms. The fraction of sp³-hybridized carbons (Fsp3) is 0.182. The van der Waals surface area contributed by atoms with Crippen molar-refractivity contribution in [1.29, 1.82) is 5.26 Å². The number of aliphatic imine (C=N–C) groups is 2. The van der Waals surface area contributed by atoms with Crippen molar-refractivity contribution >= 4 is 23.6 Å². The van der Waals surface area contributed by atoms with Gasteiger partial charge in [-0.15, -0.1) is 18.3 Å². The summed E-state index contributed by atoms with van der Waals surface area (Å²) >= 11 is 0. The summed E-state index contributed by atoms with van der Waals surface area (Å²) in [6.45, 7) is 4.91. The Labute approximate surface area is 191 Å². The number of aromatic nitrogens is 3. The average Bonchev–Trinajstić information content (AvgIpc) is 2.81. The third kappa shape index (κ3) is 6.26. The molecule has 0 saturated carbocycles. The van der Waals surface area contributed by atoms with E-state index in [1.165, 1.54) is 30.5 Å². The molecule has 0 spiro atoms. The number of amidine groups is 1. The fourth-order valence-electron chi connectivity index (χ4n) is 2.78. The molecule has 3 rings (SSSR count). The maximum Gasteiger partial charge on any atom is 0.573 e. The van der Waals surface area contributed by atoms with Crippen molar-refractivity contribution in [2.75, 3.05) is 6.61 Å². The van der Waals surface area contributed by atoms with Crippen molar-refractivity contribution in [1.82, 2.24) is 15.0 Å². The minimum absolute atomic E-state index is 0.0161. The molecule has 174 valence electrons. The SMILES string of the molecule is C=N/C(=N\C=C(/C)C#N)OCCn1nnc2ccc(-c3ccc(OC(F)(F)F)cc3)cc2c1=O. The molecule has 12 heteroatoms. The number of nitrogens with zero attached hydrogens (tertiary/aromatic N) is 6. The van der Waals surface area contributed by atoms with E-state index in [-0.39, 0.29) is 30.3 Å². The Bertz CT molecular complexity index is 1360. The fourth-order valence-corrected chi connectivity index (χ4v) is 2.78. The van der Waals surface area contributed by atoms with E-state index in [2.05, 4.69) is 31.8 Å². The first kappa shape index (κ1) is 24.1. The Balaban J connectivity index is 1.79. The maximum absolute atomic E-state index is 12.9. The van der Waals surface area contributed by atoms with E-state index in [1.54, 1.807) is 25.1 Å². The van der Waals surface area contributed by atoms with E-state index in [9.17, 15) is 18.0 Å². The third-order valence-electron chi connectivity index (χ3n) is 4.36. The van der Waals surface area contributed by atoms with Gasteiger partial charge in [0.1, 0.15) is 17.9 Å². The second-order valence-electron chi connectivity index (χ2n) is 6.76. The molecular formula is C22H17F3N6O3. The summed E-state index contributed by atoms with van der Waals surface area (Å²) in [7, 11) is 0. The van der Waals surface area contributed by atoms with Crippen molar-refractivity contribution < 1.29 is 22.6 Å². The monoisotopic (exact) mass is 470 g/mol. The van der Waals surface area contributed by atoms with Gasteiger partial charge in [-0.2, -0.15) is 5.26 Å². The molecule has 2 aromatic carbocycles. The van der Waals surface area contributed by atoms with Crippen molar-refractivity contribution in [3.05, 3.63) is 64.6 Å². The van der Waals surface area contributed by atoms with Crippen LogP contribution in [0, 0.1) is 11.3 Å². The molecule has 0 amide bonds. The Morgan fingerprint density at radius 2 is 1.94 bits per heavy atom. The lowest BCUT2D eigenvalue weighted by Gasteiger charge is -2.10. The molecule has 3 aromatic rings.